The molecule has 1 aromatic heterocycles. The molecule has 0 amide bonds. The minimum absolute atomic E-state index is 0.0108. The van der Waals surface area contributed by atoms with Crippen LogP contribution in [0.4, 0.5) is 20.4 Å². The van der Waals surface area contributed by atoms with E-state index in [1.807, 2.05) is 17.7 Å². The number of nitrogens with zero attached hydrogens (tertiary/aromatic N) is 2. The number of nitrogens with one attached hydrogen (secondary N) is 1. The predicted molar refractivity (Wildman–Crippen MR) is 78.1 cm³/mol. The van der Waals surface area contributed by atoms with Gasteiger partial charge >= 0.3 is 0 Å². The van der Waals surface area contributed by atoms with E-state index in [9.17, 15) is 8.78 Å². The van der Waals surface area contributed by atoms with Crippen molar-refractivity contribution in [3.8, 4) is 0 Å². The zero-order valence-corrected chi connectivity index (χ0v) is 12.5. The first-order valence-electron chi connectivity index (χ1n) is 6.45. The van der Waals surface area contributed by atoms with E-state index < -0.39 is 11.6 Å². The van der Waals surface area contributed by atoms with Gasteiger partial charge in [0.25, 0.3) is 0 Å². The fraction of sp³-hybridized carbons (Fsp3) is 0.357. The number of aromatic nitrogens is 2. The molecule has 1 heterocycles. The summed E-state index contributed by atoms with van der Waals surface area (Å²) in [4.78, 5) is 4.28. The van der Waals surface area contributed by atoms with Crippen LogP contribution in [0.3, 0.4) is 0 Å². The topological polar surface area (TPSA) is 39.1 Å². The van der Waals surface area contributed by atoms with E-state index in [2.05, 4.69) is 10.3 Å². The summed E-state index contributed by atoms with van der Waals surface area (Å²) >= 11 is 5.87. The Bertz CT molecular complexity index is 608. The highest BCUT2D eigenvalue weighted by Gasteiger charge is 2.13. The third-order valence-corrected chi connectivity index (χ3v) is 3.19. The monoisotopic (exact) mass is 315 g/mol. The van der Waals surface area contributed by atoms with Crippen molar-refractivity contribution in [2.24, 2.45) is 0 Å². The maximum absolute atomic E-state index is 13.8. The normalized spacial score (nSPS) is 10.9. The van der Waals surface area contributed by atoms with E-state index >= 15 is 0 Å². The maximum Gasteiger partial charge on any atom is 0.207 e. The second-order valence-corrected chi connectivity index (χ2v) is 5.02. The lowest BCUT2D eigenvalue weighted by atomic mass is 10.3. The Kier molecular flexibility index (Phi) is 5.14. The van der Waals surface area contributed by atoms with Crippen molar-refractivity contribution in [2.75, 3.05) is 19.0 Å². The Balaban J connectivity index is 2.23. The molecule has 1 N–H and O–H groups in total. The first-order valence-corrected chi connectivity index (χ1v) is 6.83. The summed E-state index contributed by atoms with van der Waals surface area (Å²) in [6.07, 6.45) is 2.63. The van der Waals surface area contributed by atoms with Crippen molar-refractivity contribution >= 4 is 23.2 Å². The minimum Gasteiger partial charge on any atom is -0.385 e. The summed E-state index contributed by atoms with van der Waals surface area (Å²) in [6, 6.07) is 1.83. The molecule has 1 aromatic carbocycles. The number of ether oxygens (including phenoxy) is 1. The number of hydrogen-bond acceptors (Lipinski definition) is 3. The molecule has 114 valence electrons. The molecule has 0 unspecified atom stereocenters. The smallest absolute Gasteiger partial charge is 0.207 e. The van der Waals surface area contributed by atoms with Crippen LogP contribution in [0.5, 0.6) is 0 Å². The predicted octanol–water partition coefficient (Wildman–Crippen LogP) is 3.90. The van der Waals surface area contributed by atoms with Gasteiger partial charge in [0.05, 0.1) is 16.4 Å². The minimum atomic E-state index is -0.760. The van der Waals surface area contributed by atoms with Crippen LogP contribution in [0.2, 0.25) is 5.02 Å². The van der Waals surface area contributed by atoms with Crippen LogP contribution < -0.4 is 5.32 Å². The summed E-state index contributed by atoms with van der Waals surface area (Å²) in [7, 11) is 1.63. The van der Waals surface area contributed by atoms with Crippen LogP contribution in [0.15, 0.2) is 18.3 Å². The molecule has 21 heavy (non-hydrogen) atoms. The number of rotatable bonds is 6. The number of anilines is 2. The van der Waals surface area contributed by atoms with Gasteiger partial charge in [0, 0.05) is 32.5 Å². The average molecular weight is 316 g/mol. The molecular formula is C14H16ClF2N3O. The summed E-state index contributed by atoms with van der Waals surface area (Å²) in [5, 5.41) is 2.79. The lowest BCUT2D eigenvalue weighted by Crippen LogP contribution is -2.06. The van der Waals surface area contributed by atoms with Gasteiger partial charge in [-0.25, -0.2) is 13.8 Å². The van der Waals surface area contributed by atoms with Gasteiger partial charge in [-0.1, -0.05) is 11.6 Å². The molecule has 2 rings (SSSR count). The number of hydrogen-bond donors (Lipinski definition) is 1. The van der Waals surface area contributed by atoms with Crippen LogP contribution in [-0.4, -0.2) is 23.3 Å². The molecule has 0 spiro atoms. The third kappa shape index (κ3) is 3.92. The highest BCUT2D eigenvalue weighted by molar-refractivity contribution is 6.33. The van der Waals surface area contributed by atoms with Crippen LogP contribution in [0, 0.1) is 18.6 Å². The molecular weight excluding hydrogens is 300 g/mol. The first kappa shape index (κ1) is 15.7. The number of methoxy groups -OCH3 is 1. The summed E-state index contributed by atoms with van der Waals surface area (Å²) in [6.45, 7) is 3.11. The van der Waals surface area contributed by atoms with Crippen molar-refractivity contribution in [1.29, 1.82) is 0 Å². The van der Waals surface area contributed by atoms with Crippen molar-refractivity contribution in [3.05, 3.63) is 40.7 Å². The highest BCUT2D eigenvalue weighted by Crippen LogP contribution is 2.29. The van der Waals surface area contributed by atoms with E-state index in [-0.39, 0.29) is 10.7 Å². The Labute approximate surface area is 126 Å². The molecule has 0 aliphatic heterocycles. The molecule has 0 aliphatic carbocycles. The van der Waals surface area contributed by atoms with Crippen LogP contribution in [-0.2, 0) is 11.3 Å². The number of benzene rings is 1. The largest absolute Gasteiger partial charge is 0.385 e. The molecule has 0 radical (unpaired) electrons. The van der Waals surface area contributed by atoms with Crippen molar-refractivity contribution in [3.63, 3.8) is 0 Å². The molecule has 0 saturated heterocycles. The van der Waals surface area contributed by atoms with Gasteiger partial charge in [-0.15, -0.1) is 0 Å². The quantitative estimate of drug-likeness (QED) is 0.822. The lowest BCUT2D eigenvalue weighted by molar-refractivity contribution is 0.190. The Morgan fingerprint density at radius 1 is 1.38 bits per heavy atom. The van der Waals surface area contributed by atoms with Crippen LogP contribution in [0.1, 0.15) is 12.1 Å². The number of imidazole rings is 1. The summed E-state index contributed by atoms with van der Waals surface area (Å²) < 4.78 is 33.7. The highest BCUT2D eigenvalue weighted by atomic mass is 35.5. The molecule has 4 nitrogen and oxygen atoms in total. The molecule has 7 heteroatoms. The lowest BCUT2D eigenvalue weighted by Gasteiger charge is -2.11. The van der Waals surface area contributed by atoms with Crippen molar-refractivity contribution in [2.45, 2.75) is 19.9 Å². The SMILES string of the molecule is COCCCn1cc(C)nc1Nc1c(F)cc(F)cc1Cl. The van der Waals surface area contributed by atoms with Gasteiger partial charge in [0.2, 0.25) is 5.95 Å². The zero-order valence-electron chi connectivity index (χ0n) is 11.8. The van der Waals surface area contributed by atoms with E-state index in [1.165, 1.54) is 0 Å². The fourth-order valence-electron chi connectivity index (χ4n) is 1.97. The number of aryl methyl sites for hydroxylation is 2. The van der Waals surface area contributed by atoms with E-state index in [1.54, 1.807) is 7.11 Å². The fourth-order valence-corrected chi connectivity index (χ4v) is 2.21. The molecule has 0 aliphatic rings. The second kappa shape index (κ2) is 6.87. The summed E-state index contributed by atoms with van der Waals surface area (Å²) in [5.74, 6) is -1.03. The average Bonchev–Trinajstić information content (AvgIpc) is 2.74. The van der Waals surface area contributed by atoms with E-state index in [4.69, 9.17) is 16.3 Å². The second-order valence-electron chi connectivity index (χ2n) is 4.62. The standard InChI is InChI=1S/C14H16ClF2N3O/c1-9-8-20(4-3-5-21-2)14(18-9)19-13-11(15)6-10(16)7-12(13)17/h6-8H,3-5H2,1-2H3,(H,18,19). The van der Waals surface area contributed by atoms with Gasteiger partial charge in [0.15, 0.2) is 5.82 Å². The van der Waals surface area contributed by atoms with Gasteiger partial charge < -0.3 is 14.6 Å². The molecule has 0 fully saturated rings. The number of halogens is 3. The van der Waals surface area contributed by atoms with Crippen LogP contribution >= 0.6 is 11.6 Å². The molecule has 0 saturated carbocycles. The maximum atomic E-state index is 13.8. The summed E-state index contributed by atoms with van der Waals surface area (Å²) in [5.41, 5.74) is 0.796. The van der Waals surface area contributed by atoms with Gasteiger partial charge in [0.1, 0.15) is 5.82 Å². The Hall–Kier alpha value is -1.66. The molecule has 2 aromatic rings. The third-order valence-electron chi connectivity index (χ3n) is 2.89. The van der Waals surface area contributed by atoms with E-state index in [0.29, 0.717) is 19.1 Å². The zero-order chi connectivity index (χ0) is 15.4. The Morgan fingerprint density at radius 3 is 2.81 bits per heavy atom. The van der Waals surface area contributed by atoms with E-state index in [0.717, 1.165) is 24.2 Å². The molecule has 0 atom stereocenters. The first-order chi connectivity index (χ1) is 10.0. The van der Waals surface area contributed by atoms with Crippen molar-refractivity contribution < 1.29 is 13.5 Å². The van der Waals surface area contributed by atoms with Crippen LogP contribution in [0.25, 0.3) is 0 Å². The van der Waals surface area contributed by atoms with Gasteiger partial charge in [-0.3, -0.25) is 0 Å². The molecule has 0 bridgehead atoms. The Morgan fingerprint density at radius 2 is 2.14 bits per heavy atom. The van der Waals surface area contributed by atoms with Crippen molar-refractivity contribution in [1.82, 2.24) is 9.55 Å². The van der Waals surface area contributed by atoms with Gasteiger partial charge in [-0.05, 0) is 19.4 Å². The van der Waals surface area contributed by atoms with Gasteiger partial charge in [-0.2, -0.15) is 0 Å².